The molecule has 2 N–H and O–H groups in total. The van der Waals surface area contributed by atoms with Crippen LogP contribution in [0.25, 0.3) is 0 Å². The molecule has 0 saturated heterocycles. The number of amides is 1. The zero-order valence-electron chi connectivity index (χ0n) is 17.1. The van der Waals surface area contributed by atoms with E-state index in [0.29, 0.717) is 16.8 Å². The highest BCUT2D eigenvalue weighted by Gasteiger charge is 2.26. The largest absolute Gasteiger partial charge is 0.469 e. The van der Waals surface area contributed by atoms with Crippen molar-refractivity contribution in [1.82, 2.24) is 10.3 Å². The van der Waals surface area contributed by atoms with E-state index in [1.54, 1.807) is 27.7 Å². The van der Waals surface area contributed by atoms with Crippen molar-refractivity contribution < 1.29 is 23.9 Å². The molecular formula is C21H25BrN2O5. The van der Waals surface area contributed by atoms with Crippen molar-refractivity contribution in [2.45, 2.75) is 46.3 Å². The monoisotopic (exact) mass is 464 g/mol. The average molecular weight is 465 g/mol. The van der Waals surface area contributed by atoms with Crippen LogP contribution in [0.4, 0.5) is 0 Å². The molecule has 156 valence electrons. The molecule has 2 rings (SSSR count). The van der Waals surface area contributed by atoms with Gasteiger partial charge in [0.05, 0.1) is 31.2 Å². The number of nitrogens with one attached hydrogen (secondary N) is 2. The summed E-state index contributed by atoms with van der Waals surface area (Å²) in [5.41, 5.74) is 2.39. The van der Waals surface area contributed by atoms with Gasteiger partial charge in [0.25, 0.3) is 5.91 Å². The molecule has 1 unspecified atom stereocenters. The molecule has 0 fully saturated rings. The molecule has 1 aromatic carbocycles. The maximum atomic E-state index is 13.0. The fourth-order valence-electron chi connectivity index (χ4n) is 3.01. The van der Waals surface area contributed by atoms with E-state index in [1.807, 2.05) is 24.3 Å². The fourth-order valence-corrected chi connectivity index (χ4v) is 3.43. The first-order chi connectivity index (χ1) is 13.6. The van der Waals surface area contributed by atoms with Gasteiger partial charge in [-0.2, -0.15) is 0 Å². The molecule has 0 aliphatic carbocycles. The molecule has 1 aromatic heterocycles. The fraction of sp³-hybridized carbons (Fsp3) is 0.381. The van der Waals surface area contributed by atoms with Gasteiger partial charge < -0.3 is 19.8 Å². The number of esters is 2. The van der Waals surface area contributed by atoms with E-state index < -0.39 is 23.9 Å². The summed E-state index contributed by atoms with van der Waals surface area (Å²) in [6, 6.07) is 6.72. The normalized spacial score (nSPS) is 11.8. The van der Waals surface area contributed by atoms with E-state index in [1.165, 1.54) is 7.11 Å². The van der Waals surface area contributed by atoms with Crippen LogP contribution in [0.1, 0.15) is 64.0 Å². The maximum absolute atomic E-state index is 13.0. The Morgan fingerprint density at radius 3 is 2.48 bits per heavy atom. The second-order valence-electron chi connectivity index (χ2n) is 6.94. The van der Waals surface area contributed by atoms with Crippen LogP contribution in [-0.2, 0) is 14.3 Å². The number of carbonyl (C=O) groups excluding carboxylic acids is 3. The van der Waals surface area contributed by atoms with Gasteiger partial charge in [0, 0.05) is 10.2 Å². The number of aromatic nitrogens is 1. The van der Waals surface area contributed by atoms with Crippen LogP contribution >= 0.6 is 15.9 Å². The third-order valence-electron chi connectivity index (χ3n) is 4.37. The molecule has 0 aliphatic rings. The molecule has 0 saturated carbocycles. The highest BCUT2D eigenvalue weighted by atomic mass is 79.9. The van der Waals surface area contributed by atoms with Crippen molar-refractivity contribution in [1.29, 1.82) is 0 Å². The van der Waals surface area contributed by atoms with Crippen LogP contribution in [0.2, 0.25) is 0 Å². The van der Waals surface area contributed by atoms with Crippen molar-refractivity contribution in [3.05, 3.63) is 56.8 Å². The third kappa shape index (κ3) is 5.69. The van der Waals surface area contributed by atoms with Crippen LogP contribution in [-0.4, -0.2) is 36.0 Å². The SMILES string of the molecule is COC(=O)CC(NC(=O)c1[nH]c(C)c(C(=O)OC(C)C)c1C)c1cccc(Br)c1. The first kappa shape index (κ1) is 22.7. The number of methoxy groups -OCH3 is 1. The number of halogens is 1. The van der Waals surface area contributed by atoms with Crippen molar-refractivity contribution >= 4 is 33.8 Å². The molecule has 7 nitrogen and oxygen atoms in total. The summed E-state index contributed by atoms with van der Waals surface area (Å²) >= 11 is 3.40. The van der Waals surface area contributed by atoms with Crippen molar-refractivity contribution in [3.8, 4) is 0 Å². The smallest absolute Gasteiger partial charge is 0.340 e. The summed E-state index contributed by atoms with van der Waals surface area (Å²) in [5.74, 6) is -1.36. The summed E-state index contributed by atoms with van der Waals surface area (Å²) in [6.07, 6.45) is -0.297. The molecular weight excluding hydrogens is 440 g/mol. The van der Waals surface area contributed by atoms with Crippen LogP contribution in [0.5, 0.6) is 0 Å². The Hall–Kier alpha value is -2.61. The van der Waals surface area contributed by atoms with Crippen molar-refractivity contribution in [3.63, 3.8) is 0 Å². The predicted molar refractivity (Wildman–Crippen MR) is 112 cm³/mol. The number of ether oxygens (including phenoxy) is 2. The molecule has 29 heavy (non-hydrogen) atoms. The average Bonchev–Trinajstić information content (AvgIpc) is 2.94. The Morgan fingerprint density at radius 2 is 1.90 bits per heavy atom. The molecule has 1 atom stereocenters. The van der Waals surface area contributed by atoms with Gasteiger partial charge in [0.2, 0.25) is 0 Å². The van der Waals surface area contributed by atoms with Crippen molar-refractivity contribution in [2.75, 3.05) is 7.11 Å². The van der Waals surface area contributed by atoms with Gasteiger partial charge in [0.1, 0.15) is 5.69 Å². The lowest BCUT2D eigenvalue weighted by Crippen LogP contribution is -2.31. The number of hydrogen-bond acceptors (Lipinski definition) is 5. The molecule has 8 heteroatoms. The Kier molecular flexibility index (Phi) is 7.61. The second kappa shape index (κ2) is 9.73. The summed E-state index contributed by atoms with van der Waals surface area (Å²) in [4.78, 5) is 40.1. The molecule has 0 spiro atoms. The minimum Gasteiger partial charge on any atom is -0.469 e. The minimum absolute atomic E-state index is 0.0281. The van der Waals surface area contributed by atoms with E-state index in [4.69, 9.17) is 9.47 Å². The quantitative estimate of drug-likeness (QED) is 0.603. The number of carbonyl (C=O) groups is 3. The molecule has 2 aromatic rings. The Balaban J connectivity index is 2.32. The lowest BCUT2D eigenvalue weighted by molar-refractivity contribution is -0.141. The lowest BCUT2D eigenvalue weighted by atomic mass is 10.0. The maximum Gasteiger partial charge on any atom is 0.340 e. The van der Waals surface area contributed by atoms with Gasteiger partial charge in [-0.15, -0.1) is 0 Å². The second-order valence-corrected chi connectivity index (χ2v) is 7.86. The highest BCUT2D eigenvalue weighted by Crippen LogP contribution is 2.24. The van der Waals surface area contributed by atoms with E-state index >= 15 is 0 Å². The number of benzene rings is 1. The van der Waals surface area contributed by atoms with E-state index in [0.717, 1.165) is 10.0 Å². The van der Waals surface area contributed by atoms with E-state index in [9.17, 15) is 14.4 Å². The Morgan fingerprint density at radius 1 is 1.21 bits per heavy atom. The zero-order chi connectivity index (χ0) is 21.7. The summed E-state index contributed by atoms with van der Waals surface area (Å²) in [7, 11) is 1.30. The minimum atomic E-state index is -0.596. The van der Waals surface area contributed by atoms with Gasteiger partial charge >= 0.3 is 11.9 Å². The van der Waals surface area contributed by atoms with Crippen molar-refractivity contribution in [2.24, 2.45) is 0 Å². The Bertz CT molecular complexity index is 920. The van der Waals surface area contributed by atoms with Gasteiger partial charge in [0.15, 0.2) is 0 Å². The summed E-state index contributed by atoms with van der Waals surface area (Å²) in [6.45, 7) is 6.92. The van der Waals surface area contributed by atoms with Crippen LogP contribution in [0, 0.1) is 13.8 Å². The first-order valence-electron chi connectivity index (χ1n) is 9.17. The standard InChI is InChI=1S/C21H25BrN2O5/c1-11(2)29-21(27)18-12(3)19(23-13(18)4)20(26)24-16(10-17(25)28-5)14-7-6-8-15(22)9-14/h6-9,11,16,23H,10H2,1-5H3,(H,24,26). The predicted octanol–water partition coefficient (Wildman–Crippen LogP) is 3.99. The molecule has 0 aliphatic heterocycles. The number of aromatic amines is 1. The van der Waals surface area contributed by atoms with Gasteiger partial charge in [-0.1, -0.05) is 28.1 Å². The molecule has 0 bridgehead atoms. The lowest BCUT2D eigenvalue weighted by Gasteiger charge is -2.18. The van der Waals surface area contributed by atoms with Crippen LogP contribution in [0.15, 0.2) is 28.7 Å². The number of rotatable bonds is 7. The number of H-pyrrole nitrogens is 1. The highest BCUT2D eigenvalue weighted by molar-refractivity contribution is 9.10. The zero-order valence-corrected chi connectivity index (χ0v) is 18.7. The number of aryl methyl sites for hydroxylation is 1. The van der Waals surface area contributed by atoms with E-state index in [-0.39, 0.29) is 18.2 Å². The van der Waals surface area contributed by atoms with Gasteiger partial charge in [-0.25, -0.2) is 4.79 Å². The van der Waals surface area contributed by atoms with Gasteiger partial charge in [-0.3, -0.25) is 9.59 Å². The van der Waals surface area contributed by atoms with Crippen LogP contribution < -0.4 is 5.32 Å². The topological polar surface area (TPSA) is 97.5 Å². The number of hydrogen-bond donors (Lipinski definition) is 2. The van der Waals surface area contributed by atoms with Crippen LogP contribution in [0.3, 0.4) is 0 Å². The summed E-state index contributed by atoms with van der Waals surface area (Å²) < 4.78 is 10.9. The third-order valence-corrected chi connectivity index (χ3v) is 4.86. The first-order valence-corrected chi connectivity index (χ1v) is 9.96. The summed E-state index contributed by atoms with van der Waals surface area (Å²) in [5, 5.41) is 2.86. The molecule has 1 amide bonds. The van der Waals surface area contributed by atoms with E-state index in [2.05, 4.69) is 26.2 Å². The molecule has 1 heterocycles. The Labute approximate surface area is 178 Å². The molecule has 0 radical (unpaired) electrons. The van der Waals surface area contributed by atoms with Gasteiger partial charge in [-0.05, 0) is 51.0 Å².